The first kappa shape index (κ1) is 14.6. The van der Waals surface area contributed by atoms with Crippen molar-refractivity contribution in [2.24, 2.45) is 5.92 Å². The molecule has 0 bridgehead atoms. The highest BCUT2D eigenvalue weighted by Gasteiger charge is 2.06. The molecule has 0 unspecified atom stereocenters. The van der Waals surface area contributed by atoms with Gasteiger partial charge in [0.15, 0.2) is 5.76 Å². The van der Waals surface area contributed by atoms with Crippen LogP contribution in [0.4, 0.5) is 0 Å². The molecule has 0 spiro atoms. The molecular weight excluding hydrogens is 252 g/mol. The lowest BCUT2D eigenvalue weighted by atomic mass is 10.2. The number of nitrogens with one attached hydrogen (secondary N) is 1. The molecule has 1 heterocycles. The summed E-state index contributed by atoms with van der Waals surface area (Å²) in [6, 6.07) is 9.87. The van der Waals surface area contributed by atoms with Crippen LogP contribution in [-0.4, -0.2) is 11.7 Å². The summed E-state index contributed by atoms with van der Waals surface area (Å²) in [4.78, 5) is 0. The van der Waals surface area contributed by atoms with E-state index in [2.05, 4.69) is 24.3 Å². The summed E-state index contributed by atoms with van der Waals surface area (Å²) in [5.41, 5.74) is 2.03. The van der Waals surface area contributed by atoms with Crippen molar-refractivity contribution < 1.29 is 9.26 Å². The zero-order chi connectivity index (χ0) is 14.4. The maximum absolute atomic E-state index is 5.72. The van der Waals surface area contributed by atoms with Crippen LogP contribution in [-0.2, 0) is 13.2 Å². The van der Waals surface area contributed by atoms with Crippen LogP contribution in [0.1, 0.15) is 30.9 Å². The van der Waals surface area contributed by atoms with Gasteiger partial charge in [-0.3, -0.25) is 0 Å². The third-order valence-corrected chi connectivity index (χ3v) is 2.93. The number of para-hydroxylation sites is 1. The molecule has 0 saturated carbocycles. The second-order valence-electron chi connectivity index (χ2n) is 5.36. The highest BCUT2D eigenvalue weighted by Crippen LogP contribution is 2.18. The van der Waals surface area contributed by atoms with Crippen molar-refractivity contribution >= 4 is 0 Å². The number of nitrogens with zero attached hydrogens (tertiary/aromatic N) is 1. The molecule has 0 saturated heterocycles. The number of rotatable bonds is 7. The minimum absolute atomic E-state index is 0.405. The van der Waals surface area contributed by atoms with Gasteiger partial charge in [0.2, 0.25) is 0 Å². The standard InChI is InChI=1S/C16H22N2O2/c1-12(2)9-17-10-14-8-15(20-18-14)11-19-16-7-5-4-6-13(16)3/h4-8,12,17H,9-11H2,1-3H3. The lowest BCUT2D eigenvalue weighted by molar-refractivity contribution is 0.247. The number of hydrogen-bond donors (Lipinski definition) is 1. The lowest BCUT2D eigenvalue weighted by Crippen LogP contribution is -2.19. The summed E-state index contributed by atoms with van der Waals surface area (Å²) in [7, 11) is 0. The number of benzene rings is 1. The van der Waals surface area contributed by atoms with Gasteiger partial charge in [0.1, 0.15) is 12.4 Å². The minimum atomic E-state index is 0.405. The van der Waals surface area contributed by atoms with Gasteiger partial charge in [-0.25, -0.2) is 0 Å². The maximum Gasteiger partial charge on any atom is 0.174 e. The van der Waals surface area contributed by atoms with Crippen LogP contribution in [0.5, 0.6) is 5.75 Å². The first-order valence-electron chi connectivity index (χ1n) is 6.98. The van der Waals surface area contributed by atoms with E-state index in [-0.39, 0.29) is 0 Å². The molecular formula is C16H22N2O2. The van der Waals surface area contributed by atoms with Gasteiger partial charge in [-0.05, 0) is 31.0 Å². The molecule has 4 heteroatoms. The van der Waals surface area contributed by atoms with Crippen molar-refractivity contribution in [3.63, 3.8) is 0 Å². The van der Waals surface area contributed by atoms with Crippen molar-refractivity contribution in [2.75, 3.05) is 6.54 Å². The Bertz CT molecular complexity index is 535. The summed E-state index contributed by atoms with van der Waals surface area (Å²) >= 11 is 0. The van der Waals surface area contributed by atoms with E-state index < -0.39 is 0 Å². The van der Waals surface area contributed by atoms with Crippen LogP contribution < -0.4 is 10.1 Å². The summed E-state index contributed by atoms with van der Waals surface area (Å²) < 4.78 is 11.0. The third-order valence-electron chi connectivity index (χ3n) is 2.93. The largest absolute Gasteiger partial charge is 0.485 e. The normalized spacial score (nSPS) is 11.0. The van der Waals surface area contributed by atoms with Crippen LogP contribution in [0.25, 0.3) is 0 Å². The molecule has 20 heavy (non-hydrogen) atoms. The number of hydrogen-bond acceptors (Lipinski definition) is 4. The van der Waals surface area contributed by atoms with E-state index in [0.717, 1.165) is 35.9 Å². The summed E-state index contributed by atoms with van der Waals surface area (Å²) in [6.07, 6.45) is 0. The minimum Gasteiger partial charge on any atom is -0.485 e. The first-order chi connectivity index (χ1) is 9.65. The molecule has 0 aliphatic carbocycles. The molecule has 0 fully saturated rings. The van der Waals surface area contributed by atoms with E-state index >= 15 is 0 Å². The molecule has 1 N–H and O–H groups in total. The highest BCUT2D eigenvalue weighted by atomic mass is 16.5. The fourth-order valence-corrected chi connectivity index (χ4v) is 1.86. The molecule has 2 aromatic rings. The van der Waals surface area contributed by atoms with Crippen molar-refractivity contribution in [3.8, 4) is 5.75 Å². The van der Waals surface area contributed by atoms with E-state index in [0.29, 0.717) is 12.5 Å². The topological polar surface area (TPSA) is 47.3 Å². The average molecular weight is 274 g/mol. The van der Waals surface area contributed by atoms with E-state index in [1.165, 1.54) is 0 Å². The Hall–Kier alpha value is -1.81. The van der Waals surface area contributed by atoms with Crippen molar-refractivity contribution in [1.82, 2.24) is 10.5 Å². The Morgan fingerprint density at radius 1 is 1.30 bits per heavy atom. The van der Waals surface area contributed by atoms with Gasteiger partial charge >= 0.3 is 0 Å². The molecule has 0 atom stereocenters. The van der Waals surface area contributed by atoms with E-state index in [1.807, 2.05) is 37.3 Å². The average Bonchev–Trinajstić information content (AvgIpc) is 2.85. The molecule has 0 amide bonds. The van der Waals surface area contributed by atoms with E-state index in [1.54, 1.807) is 0 Å². The van der Waals surface area contributed by atoms with Gasteiger partial charge in [0.05, 0.1) is 5.69 Å². The Labute approximate surface area is 120 Å². The quantitative estimate of drug-likeness (QED) is 0.841. The Morgan fingerprint density at radius 3 is 2.85 bits per heavy atom. The van der Waals surface area contributed by atoms with E-state index in [4.69, 9.17) is 9.26 Å². The Balaban J connectivity index is 1.82. The molecule has 108 valence electrons. The van der Waals surface area contributed by atoms with Crippen LogP contribution in [0.2, 0.25) is 0 Å². The van der Waals surface area contributed by atoms with Gasteiger partial charge in [-0.15, -0.1) is 0 Å². The number of ether oxygens (including phenoxy) is 1. The Kier molecular flexibility index (Phi) is 5.18. The van der Waals surface area contributed by atoms with Crippen LogP contribution in [0.15, 0.2) is 34.9 Å². The molecule has 2 rings (SSSR count). The zero-order valence-corrected chi connectivity index (χ0v) is 12.3. The fourth-order valence-electron chi connectivity index (χ4n) is 1.86. The lowest BCUT2D eigenvalue weighted by Gasteiger charge is -2.06. The summed E-state index contributed by atoms with van der Waals surface area (Å²) in [5.74, 6) is 2.25. The predicted molar refractivity (Wildman–Crippen MR) is 78.6 cm³/mol. The monoisotopic (exact) mass is 274 g/mol. The second kappa shape index (κ2) is 7.10. The molecule has 0 aliphatic rings. The first-order valence-corrected chi connectivity index (χ1v) is 6.98. The molecule has 1 aromatic carbocycles. The Morgan fingerprint density at radius 2 is 2.10 bits per heavy atom. The van der Waals surface area contributed by atoms with Gasteiger partial charge < -0.3 is 14.6 Å². The van der Waals surface area contributed by atoms with Crippen molar-refractivity contribution in [1.29, 1.82) is 0 Å². The van der Waals surface area contributed by atoms with Gasteiger partial charge in [-0.1, -0.05) is 37.2 Å². The summed E-state index contributed by atoms with van der Waals surface area (Å²) in [5, 5.41) is 7.36. The van der Waals surface area contributed by atoms with Crippen molar-refractivity contribution in [2.45, 2.75) is 33.9 Å². The fraction of sp³-hybridized carbons (Fsp3) is 0.438. The molecule has 4 nitrogen and oxygen atoms in total. The maximum atomic E-state index is 5.72. The van der Waals surface area contributed by atoms with Gasteiger partial charge in [0.25, 0.3) is 0 Å². The SMILES string of the molecule is Cc1ccccc1OCc1cc(CNCC(C)C)no1. The smallest absolute Gasteiger partial charge is 0.174 e. The van der Waals surface area contributed by atoms with Gasteiger partial charge in [0, 0.05) is 12.6 Å². The number of aryl methyl sites for hydroxylation is 1. The van der Waals surface area contributed by atoms with Gasteiger partial charge in [-0.2, -0.15) is 0 Å². The zero-order valence-electron chi connectivity index (χ0n) is 12.3. The van der Waals surface area contributed by atoms with Crippen molar-refractivity contribution in [3.05, 3.63) is 47.3 Å². The summed E-state index contributed by atoms with van der Waals surface area (Å²) in [6.45, 7) is 8.49. The molecule has 1 aromatic heterocycles. The van der Waals surface area contributed by atoms with Crippen LogP contribution in [0, 0.1) is 12.8 Å². The number of aromatic nitrogens is 1. The second-order valence-corrected chi connectivity index (χ2v) is 5.36. The predicted octanol–water partition coefficient (Wildman–Crippen LogP) is 3.31. The highest BCUT2D eigenvalue weighted by molar-refractivity contribution is 5.31. The molecule has 0 aliphatic heterocycles. The van der Waals surface area contributed by atoms with E-state index in [9.17, 15) is 0 Å². The van der Waals surface area contributed by atoms with Crippen LogP contribution >= 0.6 is 0 Å². The third kappa shape index (κ3) is 4.38. The molecule has 0 radical (unpaired) electrons. The van der Waals surface area contributed by atoms with Crippen LogP contribution in [0.3, 0.4) is 0 Å².